The van der Waals surface area contributed by atoms with Gasteiger partial charge in [-0.05, 0) is 73.9 Å². The average Bonchev–Trinajstić information content (AvgIpc) is 3.77. The van der Waals surface area contributed by atoms with Crippen molar-refractivity contribution in [1.29, 1.82) is 0 Å². The van der Waals surface area contributed by atoms with E-state index in [2.05, 4.69) is 60.7 Å². The van der Waals surface area contributed by atoms with Gasteiger partial charge in [-0.3, -0.25) is 14.3 Å². The van der Waals surface area contributed by atoms with Crippen LogP contribution in [0.3, 0.4) is 0 Å². The first-order valence-corrected chi connectivity index (χ1v) is 25.2. The van der Waals surface area contributed by atoms with Crippen LogP contribution in [-0.2, 0) is 22.7 Å². The number of hydrogen-bond donors (Lipinski definition) is 1. The summed E-state index contributed by atoms with van der Waals surface area (Å²) in [6.45, 7) is 22.4. The van der Waals surface area contributed by atoms with Gasteiger partial charge in [-0.25, -0.2) is 4.98 Å². The number of anilines is 1. The predicted molar refractivity (Wildman–Crippen MR) is 212 cm³/mol. The van der Waals surface area contributed by atoms with E-state index in [4.69, 9.17) is 19.4 Å². The third-order valence-corrected chi connectivity index (χ3v) is 12.0. The fourth-order valence-electron chi connectivity index (χ4n) is 5.57. The number of rotatable bonds is 17. The minimum Gasteiger partial charge on any atom is -0.361 e. The summed E-state index contributed by atoms with van der Waals surface area (Å²) in [4.78, 5) is 24.8. The summed E-state index contributed by atoms with van der Waals surface area (Å²) in [6, 6.07) is 17.7. The van der Waals surface area contributed by atoms with Gasteiger partial charge in [0.1, 0.15) is 24.0 Å². The summed E-state index contributed by atoms with van der Waals surface area (Å²) in [6.07, 6.45) is 7.66. The number of hydrogen-bond acceptors (Lipinski definition) is 7. The molecule has 1 aliphatic rings. The number of fused-ring (bicyclic) bond motifs is 1. The maximum atomic E-state index is 13.4. The van der Waals surface area contributed by atoms with E-state index in [1.54, 1.807) is 16.9 Å². The van der Waals surface area contributed by atoms with Gasteiger partial charge in [0.2, 0.25) is 5.69 Å². The Morgan fingerprint density at radius 2 is 1.67 bits per heavy atom. The Bertz CT molecular complexity index is 1890. The Morgan fingerprint density at radius 3 is 2.39 bits per heavy atom. The van der Waals surface area contributed by atoms with E-state index in [0.29, 0.717) is 37.0 Å². The van der Waals surface area contributed by atoms with Gasteiger partial charge in [0.25, 0.3) is 12.6 Å². The molecule has 0 radical (unpaired) electrons. The molecule has 51 heavy (non-hydrogen) atoms. The molecule has 2 aromatic heterocycles. The average molecular weight is 729 g/mol. The molecule has 0 spiro atoms. The molecule has 0 saturated heterocycles. The van der Waals surface area contributed by atoms with E-state index < -0.39 is 16.1 Å². The van der Waals surface area contributed by atoms with Crippen LogP contribution in [0.5, 0.6) is 5.75 Å². The highest BCUT2D eigenvalue weighted by molar-refractivity contribution is 6.76. The van der Waals surface area contributed by atoms with Crippen LogP contribution in [-0.4, -0.2) is 67.0 Å². The largest absolute Gasteiger partial charge is 0.361 e. The first-order chi connectivity index (χ1) is 24.2. The molecule has 1 N–H and O–H groups in total. The molecule has 0 fully saturated rings. The highest BCUT2D eigenvalue weighted by Gasteiger charge is 2.45. The number of para-hydroxylation sites is 1. The fourth-order valence-corrected chi connectivity index (χ4v) is 7.08. The molecule has 4 aromatic rings. The number of nitrogens with one attached hydrogen (secondary N) is 1. The molecule has 0 bridgehead atoms. The van der Waals surface area contributed by atoms with Crippen molar-refractivity contribution in [1.82, 2.24) is 24.1 Å². The number of aromatic nitrogens is 4. The van der Waals surface area contributed by atoms with Crippen molar-refractivity contribution < 1.29 is 19.1 Å². The SMILES string of the molecule is CCn1nc(C)cc1C(=O)Nc1cc(O[N+]2(COCC[Si](C)(C)C)N=C(C=Cc3nccn3COCC[Si](C)(C)C)c3ccccc32)ccc1C. The lowest BCUT2D eigenvalue weighted by Crippen LogP contribution is -2.48. The van der Waals surface area contributed by atoms with Crippen LogP contribution >= 0.6 is 0 Å². The van der Waals surface area contributed by atoms with Crippen molar-refractivity contribution in [2.24, 2.45) is 5.10 Å². The van der Waals surface area contributed by atoms with Gasteiger partial charge in [0.15, 0.2) is 5.75 Å². The van der Waals surface area contributed by atoms with E-state index in [1.165, 1.54) is 0 Å². The fraction of sp³-hybridized carbons (Fsp3) is 0.421. The van der Waals surface area contributed by atoms with Crippen LogP contribution in [0.4, 0.5) is 11.4 Å². The molecular weight excluding hydrogens is 675 g/mol. The summed E-state index contributed by atoms with van der Waals surface area (Å²) in [5.41, 5.74) is 5.40. The lowest BCUT2D eigenvalue weighted by atomic mass is 10.1. The summed E-state index contributed by atoms with van der Waals surface area (Å²) in [5.74, 6) is 1.09. The highest BCUT2D eigenvalue weighted by atomic mass is 28.3. The number of benzene rings is 2. The minimum absolute atomic E-state index is 0.170. The van der Waals surface area contributed by atoms with Crippen LogP contribution in [0, 0.1) is 13.8 Å². The molecule has 1 atom stereocenters. The number of quaternary nitrogens is 1. The Labute approximate surface area is 304 Å². The van der Waals surface area contributed by atoms with Crippen LogP contribution in [0.2, 0.25) is 51.4 Å². The number of carbonyl (C=O) groups is 1. The smallest absolute Gasteiger partial charge is 0.273 e. The number of imidazole rings is 1. The molecule has 272 valence electrons. The Hall–Kier alpha value is -4.15. The van der Waals surface area contributed by atoms with E-state index >= 15 is 0 Å². The molecule has 1 amide bonds. The summed E-state index contributed by atoms with van der Waals surface area (Å²) < 4.78 is 15.8. The number of allylic oxidation sites excluding steroid dienone is 1. The van der Waals surface area contributed by atoms with E-state index in [9.17, 15) is 4.79 Å². The number of carbonyl (C=O) groups excluding carboxylic acids is 1. The maximum absolute atomic E-state index is 13.4. The first-order valence-electron chi connectivity index (χ1n) is 17.8. The molecule has 3 heterocycles. The van der Waals surface area contributed by atoms with Crippen molar-refractivity contribution in [3.05, 3.63) is 95.3 Å². The first kappa shape index (κ1) is 38.1. The Morgan fingerprint density at radius 1 is 0.941 bits per heavy atom. The van der Waals surface area contributed by atoms with Crippen molar-refractivity contribution in [3.8, 4) is 5.75 Å². The molecule has 0 aliphatic carbocycles. The molecule has 11 nitrogen and oxygen atoms in total. The Balaban J connectivity index is 1.44. The number of ether oxygens (including phenoxy) is 2. The van der Waals surface area contributed by atoms with Crippen molar-refractivity contribution >= 4 is 45.2 Å². The van der Waals surface area contributed by atoms with E-state index in [-0.39, 0.29) is 17.4 Å². The predicted octanol–water partition coefficient (Wildman–Crippen LogP) is 8.33. The zero-order valence-corrected chi connectivity index (χ0v) is 33.7. The summed E-state index contributed by atoms with van der Waals surface area (Å²) >= 11 is 0. The van der Waals surface area contributed by atoms with Crippen molar-refractivity contribution in [2.45, 2.75) is 85.4 Å². The van der Waals surface area contributed by atoms with Crippen LogP contribution in [0.25, 0.3) is 6.08 Å². The van der Waals surface area contributed by atoms with Crippen molar-refractivity contribution in [3.63, 3.8) is 0 Å². The third kappa shape index (κ3) is 10.0. The van der Waals surface area contributed by atoms with Crippen LogP contribution in [0.15, 0.2) is 72.1 Å². The standard InChI is InChI=1S/C38H53N7O4Si2/c1-10-44-35(25-30(3)41-44)38(46)40-34-26-31(16-15-29(34)2)49-45(28-48-22-24-51(7,8)9)36-14-12-11-13-32(36)33(42-45)17-18-37-39-19-20-43(37)27-47-21-23-50(4,5)6/h11-20,25-26H,10,21-24,27-28H2,1-9H3/p+1. The quantitative estimate of drug-likeness (QED) is 0.0666. The van der Waals surface area contributed by atoms with Gasteiger partial charge in [-0.1, -0.05) is 57.5 Å². The van der Waals surface area contributed by atoms with Gasteiger partial charge < -0.3 is 19.4 Å². The zero-order valence-electron chi connectivity index (χ0n) is 31.7. The molecule has 13 heteroatoms. The number of hydroxylamine groups is 1. The van der Waals surface area contributed by atoms with E-state index in [0.717, 1.165) is 52.7 Å². The topological polar surface area (TPSA) is 105 Å². The molecule has 0 saturated carbocycles. The van der Waals surface area contributed by atoms with E-state index in [1.807, 2.05) is 80.1 Å². The summed E-state index contributed by atoms with van der Waals surface area (Å²) in [5, 5.41) is 12.7. The van der Waals surface area contributed by atoms with Gasteiger partial charge in [-0.15, -0.1) is 0 Å². The second kappa shape index (κ2) is 16.0. The maximum Gasteiger partial charge on any atom is 0.273 e. The highest BCUT2D eigenvalue weighted by Crippen LogP contribution is 2.38. The van der Waals surface area contributed by atoms with Gasteiger partial charge in [-0.2, -0.15) is 5.10 Å². The molecule has 1 aliphatic heterocycles. The van der Waals surface area contributed by atoms with Crippen molar-refractivity contribution in [2.75, 3.05) is 25.3 Å². The number of amides is 1. The lowest BCUT2D eigenvalue weighted by Gasteiger charge is -2.27. The van der Waals surface area contributed by atoms with Gasteiger partial charge >= 0.3 is 0 Å². The van der Waals surface area contributed by atoms with Crippen LogP contribution in [0.1, 0.15) is 40.1 Å². The normalized spacial score (nSPS) is 16.1. The van der Waals surface area contributed by atoms with Crippen LogP contribution < -0.4 is 14.9 Å². The molecular formula is C38H54N7O4Si2+. The number of aryl methyl sites for hydroxylation is 3. The molecule has 1 unspecified atom stereocenters. The molecule has 5 rings (SSSR count). The second-order valence-corrected chi connectivity index (χ2v) is 26.7. The zero-order chi connectivity index (χ0) is 36.8. The molecule has 2 aromatic carbocycles. The summed E-state index contributed by atoms with van der Waals surface area (Å²) in [7, 11) is -2.51. The number of nitrogens with zero attached hydrogens (tertiary/aromatic N) is 6. The van der Waals surface area contributed by atoms with Gasteiger partial charge in [0.05, 0.1) is 17.9 Å². The lowest BCUT2D eigenvalue weighted by molar-refractivity contribution is -0.121. The monoisotopic (exact) mass is 728 g/mol. The minimum atomic E-state index is -1.34. The third-order valence-electron chi connectivity index (χ3n) is 8.60. The van der Waals surface area contributed by atoms with Gasteiger partial charge in [0, 0.05) is 64.3 Å². The second-order valence-electron chi connectivity index (χ2n) is 15.5. The Kier molecular flexibility index (Phi) is 12.0.